The van der Waals surface area contributed by atoms with E-state index in [0.29, 0.717) is 5.41 Å². The molecule has 0 bridgehead atoms. The summed E-state index contributed by atoms with van der Waals surface area (Å²) < 4.78 is 0. The molecule has 2 unspecified atom stereocenters. The maximum absolute atomic E-state index is 4.12. The second-order valence-corrected chi connectivity index (χ2v) is 6.16. The second kappa shape index (κ2) is 4.08. The van der Waals surface area contributed by atoms with Crippen LogP contribution in [0.3, 0.4) is 0 Å². The van der Waals surface area contributed by atoms with E-state index in [4.69, 9.17) is 0 Å². The van der Waals surface area contributed by atoms with Gasteiger partial charge in [0.2, 0.25) is 0 Å². The van der Waals surface area contributed by atoms with Gasteiger partial charge < -0.3 is 0 Å². The predicted molar refractivity (Wildman–Crippen MR) is 64.3 cm³/mol. The summed E-state index contributed by atoms with van der Waals surface area (Å²) in [6.45, 7) is 15.9. The Bertz CT molecular complexity index is 210. The van der Waals surface area contributed by atoms with Crippen LogP contribution < -0.4 is 0 Å². The molecule has 0 aromatic carbocycles. The van der Waals surface area contributed by atoms with Crippen molar-refractivity contribution in [3.8, 4) is 0 Å². The standard InChI is InChI=1S/C14H26/c1-10(2)12-7-8-14(5,6)13(9-12)11(3)4/h11-13H,1,7-9H2,2-6H3. The third kappa shape index (κ3) is 2.40. The molecule has 1 fully saturated rings. The van der Waals surface area contributed by atoms with Crippen LogP contribution in [0.25, 0.3) is 0 Å². The van der Waals surface area contributed by atoms with Crippen molar-refractivity contribution in [2.75, 3.05) is 0 Å². The number of hydrogen-bond acceptors (Lipinski definition) is 0. The average Bonchev–Trinajstić information content (AvgIpc) is 2.02. The van der Waals surface area contributed by atoms with Gasteiger partial charge in [0.1, 0.15) is 0 Å². The molecule has 1 saturated carbocycles. The van der Waals surface area contributed by atoms with Crippen LogP contribution in [0.5, 0.6) is 0 Å². The van der Waals surface area contributed by atoms with Gasteiger partial charge in [0.15, 0.2) is 0 Å². The highest BCUT2D eigenvalue weighted by atomic mass is 14.4. The van der Waals surface area contributed by atoms with Gasteiger partial charge in [-0.15, -0.1) is 0 Å². The fourth-order valence-electron chi connectivity index (χ4n) is 3.10. The van der Waals surface area contributed by atoms with E-state index in [1.807, 2.05) is 0 Å². The fourth-order valence-corrected chi connectivity index (χ4v) is 3.10. The smallest absolute Gasteiger partial charge is 0.0206 e. The largest absolute Gasteiger partial charge is 0.0999 e. The van der Waals surface area contributed by atoms with Gasteiger partial charge in [-0.3, -0.25) is 0 Å². The van der Waals surface area contributed by atoms with E-state index in [0.717, 1.165) is 17.8 Å². The molecule has 0 amide bonds. The molecule has 82 valence electrons. The lowest BCUT2D eigenvalue weighted by molar-refractivity contribution is 0.0727. The Morgan fingerprint density at radius 1 is 1.36 bits per heavy atom. The summed E-state index contributed by atoms with van der Waals surface area (Å²) in [6.07, 6.45) is 4.08. The van der Waals surface area contributed by atoms with Crippen LogP contribution in [0, 0.1) is 23.2 Å². The molecule has 0 saturated heterocycles. The minimum absolute atomic E-state index is 0.542. The van der Waals surface area contributed by atoms with Crippen molar-refractivity contribution in [3.05, 3.63) is 12.2 Å². The van der Waals surface area contributed by atoms with Gasteiger partial charge in [-0.1, -0.05) is 39.8 Å². The Balaban J connectivity index is 2.72. The normalized spacial score (nSPS) is 31.9. The van der Waals surface area contributed by atoms with E-state index in [9.17, 15) is 0 Å². The van der Waals surface area contributed by atoms with Crippen LogP contribution >= 0.6 is 0 Å². The zero-order chi connectivity index (χ0) is 10.9. The first-order chi connectivity index (χ1) is 6.34. The molecule has 0 nitrogen and oxygen atoms in total. The topological polar surface area (TPSA) is 0 Å². The van der Waals surface area contributed by atoms with Gasteiger partial charge in [-0.25, -0.2) is 0 Å². The minimum Gasteiger partial charge on any atom is -0.0999 e. The third-order valence-corrected chi connectivity index (χ3v) is 4.18. The highest BCUT2D eigenvalue weighted by Gasteiger charge is 2.37. The van der Waals surface area contributed by atoms with Gasteiger partial charge in [-0.2, -0.15) is 0 Å². The number of allylic oxidation sites excluding steroid dienone is 1. The van der Waals surface area contributed by atoms with Gasteiger partial charge in [0.25, 0.3) is 0 Å². The van der Waals surface area contributed by atoms with Gasteiger partial charge in [0, 0.05) is 0 Å². The lowest BCUT2D eigenvalue weighted by Crippen LogP contribution is -2.35. The van der Waals surface area contributed by atoms with E-state index in [-0.39, 0.29) is 0 Å². The molecule has 0 aromatic rings. The highest BCUT2D eigenvalue weighted by molar-refractivity contribution is 5.01. The summed E-state index contributed by atoms with van der Waals surface area (Å²) in [4.78, 5) is 0. The van der Waals surface area contributed by atoms with Crippen molar-refractivity contribution in [2.24, 2.45) is 23.2 Å². The maximum atomic E-state index is 4.12. The van der Waals surface area contributed by atoms with Crippen molar-refractivity contribution in [3.63, 3.8) is 0 Å². The molecule has 0 spiro atoms. The van der Waals surface area contributed by atoms with E-state index < -0.39 is 0 Å². The molecular formula is C14H26. The fraction of sp³-hybridized carbons (Fsp3) is 0.857. The molecular weight excluding hydrogens is 168 g/mol. The van der Waals surface area contributed by atoms with Crippen LogP contribution in [0.15, 0.2) is 12.2 Å². The molecule has 0 radical (unpaired) electrons. The number of hydrogen-bond donors (Lipinski definition) is 0. The molecule has 0 heterocycles. The lowest BCUT2D eigenvalue weighted by atomic mass is 9.61. The average molecular weight is 194 g/mol. The van der Waals surface area contributed by atoms with Gasteiger partial charge in [-0.05, 0) is 49.4 Å². The Morgan fingerprint density at radius 2 is 1.93 bits per heavy atom. The quantitative estimate of drug-likeness (QED) is 0.561. The van der Waals surface area contributed by atoms with Crippen molar-refractivity contribution in [1.29, 1.82) is 0 Å². The first kappa shape index (κ1) is 11.8. The molecule has 1 aliphatic rings. The predicted octanol–water partition coefficient (Wildman–Crippen LogP) is 4.66. The summed E-state index contributed by atoms with van der Waals surface area (Å²) in [6, 6.07) is 0. The SMILES string of the molecule is C=C(C)C1CCC(C)(C)C(C(C)C)C1. The summed E-state index contributed by atoms with van der Waals surface area (Å²) >= 11 is 0. The van der Waals surface area contributed by atoms with Crippen molar-refractivity contribution >= 4 is 0 Å². The summed E-state index contributed by atoms with van der Waals surface area (Å²) in [5.41, 5.74) is 1.94. The van der Waals surface area contributed by atoms with Crippen LogP contribution in [0.2, 0.25) is 0 Å². The lowest BCUT2D eigenvalue weighted by Gasteiger charge is -2.44. The summed E-state index contributed by atoms with van der Waals surface area (Å²) in [5, 5.41) is 0. The second-order valence-electron chi connectivity index (χ2n) is 6.16. The van der Waals surface area contributed by atoms with Crippen molar-refractivity contribution in [1.82, 2.24) is 0 Å². The Labute approximate surface area is 89.8 Å². The van der Waals surface area contributed by atoms with Crippen LogP contribution in [0.4, 0.5) is 0 Å². The zero-order valence-electron chi connectivity index (χ0n) is 10.6. The molecule has 1 rings (SSSR count). The Kier molecular flexibility index (Phi) is 3.44. The van der Waals surface area contributed by atoms with Crippen LogP contribution in [-0.4, -0.2) is 0 Å². The van der Waals surface area contributed by atoms with Crippen LogP contribution in [-0.2, 0) is 0 Å². The molecule has 0 N–H and O–H groups in total. The summed E-state index contributed by atoms with van der Waals surface area (Å²) in [5.74, 6) is 2.47. The van der Waals surface area contributed by atoms with E-state index in [1.165, 1.54) is 24.8 Å². The molecule has 1 aliphatic carbocycles. The monoisotopic (exact) mass is 194 g/mol. The molecule has 0 aromatic heterocycles. The van der Waals surface area contributed by atoms with Crippen molar-refractivity contribution in [2.45, 2.75) is 53.9 Å². The highest BCUT2D eigenvalue weighted by Crippen LogP contribution is 2.47. The number of rotatable bonds is 2. The molecule has 0 aliphatic heterocycles. The Hall–Kier alpha value is -0.260. The maximum Gasteiger partial charge on any atom is -0.0206 e. The van der Waals surface area contributed by atoms with Crippen LogP contribution in [0.1, 0.15) is 53.9 Å². The van der Waals surface area contributed by atoms with E-state index in [1.54, 1.807) is 0 Å². The summed E-state index contributed by atoms with van der Waals surface area (Å²) in [7, 11) is 0. The first-order valence-corrected chi connectivity index (χ1v) is 6.00. The molecule has 14 heavy (non-hydrogen) atoms. The zero-order valence-corrected chi connectivity index (χ0v) is 10.6. The Morgan fingerprint density at radius 3 is 2.36 bits per heavy atom. The van der Waals surface area contributed by atoms with Crippen molar-refractivity contribution < 1.29 is 0 Å². The first-order valence-electron chi connectivity index (χ1n) is 6.00. The van der Waals surface area contributed by atoms with E-state index >= 15 is 0 Å². The molecule has 2 atom stereocenters. The van der Waals surface area contributed by atoms with Gasteiger partial charge in [0.05, 0.1) is 0 Å². The molecule has 0 heteroatoms. The van der Waals surface area contributed by atoms with E-state index in [2.05, 4.69) is 41.2 Å². The third-order valence-electron chi connectivity index (χ3n) is 4.18. The minimum atomic E-state index is 0.542. The van der Waals surface area contributed by atoms with Gasteiger partial charge >= 0.3 is 0 Å².